The Kier molecular flexibility index (Phi) is 5.08. The summed E-state index contributed by atoms with van der Waals surface area (Å²) in [7, 11) is 1.05. The van der Waals surface area contributed by atoms with Crippen LogP contribution in [0.4, 0.5) is 5.69 Å². The number of benzene rings is 1. The molecule has 0 aliphatic carbocycles. The maximum Gasteiger partial charge on any atom is 0.253 e. The van der Waals surface area contributed by atoms with E-state index in [0.717, 1.165) is 4.88 Å². The lowest BCUT2D eigenvalue weighted by Crippen LogP contribution is -2.25. The lowest BCUT2D eigenvalue weighted by molar-refractivity contribution is 0.0827. The summed E-state index contributed by atoms with van der Waals surface area (Å²) in [5.41, 5.74) is 0.753. The minimum Gasteiger partial charge on any atom is -0.368 e. The van der Waals surface area contributed by atoms with Gasteiger partial charge in [-0.1, -0.05) is 6.07 Å². The van der Waals surface area contributed by atoms with E-state index in [-0.39, 0.29) is 16.4 Å². The summed E-state index contributed by atoms with van der Waals surface area (Å²) in [6.07, 6.45) is 0. The van der Waals surface area contributed by atoms with E-state index in [0.29, 0.717) is 12.2 Å². The Labute approximate surface area is 140 Å². The fraction of sp³-hybridized carbons (Fsp3) is 0.267. The number of primary sulfonamides is 1. The number of anilines is 1. The van der Waals surface area contributed by atoms with Crippen molar-refractivity contribution in [2.45, 2.75) is 11.4 Å². The van der Waals surface area contributed by atoms with E-state index in [2.05, 4.69) is 0 Å². The molecule has 0 aliphatic heterocycles. The van der Waals surface area contributed by atoms with Crippen LogP contribution in [0.15, 0.2) is 40.6 Å². The Bertz CT molecular complexity index is 799. The monoisotopic (exact) mass is 353 g/mol. The van der Waals surface area contributed by atoms with E-state index in [4.69, 9.17) is 5.14 Å². The standard InChI is InChI=1S/C15H19N3O3S2/c1-17(2)15(19)11-6-7-13(14(9-11)23(16,20)21)18(3)10-12-5-4-8-22-12/h4-9H,10H2,1-3H3,(H2,16,20,21). The molecule has 1 heterocycles. The van der Waals surface area contributed by atoms with E-state index >= 15 is 0 Å². The minimum atomic E-state index is -3.95. The van der Waals surface area contributed by atoms with E-state index in [1.807, 2.05) is 17.5 Å². The van der Waals surface area contributed by atoms with Crippen LogP contribution >= 0.6 is 11.3 Å². The third-order valence-corrected chi connectivity index (χ3v) is 5.11. The molecule has 0 radical (unpaired) electrons. The van der Waals surface area contributed by atoms with Crippen molar-refractivity contribution in [3.63, 3.8) is 0 Å². The first-order valence-electron chi connectivity index (χ1n) is 6.82. The number of sulfonamides is 1. The van der Waals surface area contributed by atoms with Crippen LogP contribution in [0.1, 0.15) is 15.2 Å². The summed E-state index contributed by atoms with van der Waals surface area (Å²) < 4.78 is 23.9. The van der Waals surface area contributed by atoms with Crippen molar-refractivity contribution in [1.82, 2.24) is 4.90 Å². The van der Waals surface area contributed by atoms with Crippen molar-refractivity contribution in [2.24, 2.45) is 5.14 Å². The number of amides is 1. The second-order valence-corrected chi connectivity index (χ2v) is 7.92. The molecule has 8 heteroatoms. The second-order valence-electron chi connectivity index (χ2n) is 5.36. The number of hydrogen-bond donors (Lipinski definition) is 1. The average Bonchev–Trinajstić information content (AvgIpc) is 2.97. The van der Waals surface area contributed by atoms with Gasteiger partial charge in [-0.2, -0.15) is 0 Å². The van der Waals surface area contributed by atoms with Gasteiger partial charge in [0.1, 0.15) is 4.90 Å². The Morgan fingerprint density at radius 1 is 1.22 bits per heavy atom. The Balaban J connectivity index is 2.45. The van der Waals surface area contributed by atoms with Crippen molar-refractivity contribution in [1.29, 1.82) is 0 Å². The van der Waals surface area contributed by atoms with Gasteiger partial charge in [0.2, 0.25) is 10.0 Å². The number of nitrogens with two attached hydrogens (primary N) is 1. The Hall–Kier alpha value is -1.90. The highest BCUT2D eigenvalue weighted by molar-refractivity contribution is 7.89. The molecule has 0 saturated carbocycles. The van der Waals surface area contributed by atoms with Crippen molar-refractivity contribution < 1.29 is 13.2 Å². The molecular weight excluding hydrogens is 334 g/mol. The summed E-state index contributed by atoms with van der Waals surface area (Å²) in [5.74, 6) is -0.276. The number of carbonyl (C=O) groups is 1. The molecule has 1 aromatic heterocycles. The molecule has 0 atom stereocenters. The average molecular weight is 353 g/mol. The molecule has 124 valence electrons. The molecule has 0 bridgehead atoms. The number of hydrogen-bond acceptors (Lipinski definition) is 5. The summed E-state index contributed by atoms with van der Waals surface area (Å²) in [5, 5.41) is 7.30. The van der Waals surface area contributed by atoms with E-state index in [1.54, 1.807) is 49.5 Å². The van der Waals surface area contributed by atoms with Crippen LogP contribution in [0, 0.1) is 0 Å². The molecule has 23 heavy (non-hydrogen) atoms. The van der Waals surface area contributed by atoms with E-state index < -0.39 is 10.0 Å². The van der Waals surface area contributed by atoms with Crippen LogP contribution in [0.3, 0.4) is 0 Å². The minimum absolute atomic E-state index is 0.0516. The molecular formula is C15H19N3O3S2. The molecule has 1 aromatic carbocycles. The van der Waals surface area contributed by atoms with Crippen molar-refractivity contribution >= 4 is 33.0 Å². The SMILES string of the molecule is CN(C)C(=O)c1ccc(N(C)Cc2cccs2)c(S(N)(=O)=O)c1. The van der Waals surface area contributed by atoms with Crippen LogP contribution in [0.2, 0.25) is 0 Å². The van der Waals surface area contributed by atoms with Crippen LogP contribution < -0.4 is 10.0 Å². The first-order chi connectivity index (χ1) is 10.7. The predicted molar refractivity (Wildman–Crippen MR) is 92.3 cm³/mol. The summed E-state index contributed by atoms with van der Waals surface area (Å²) in [6, 6.07) is 8.47. The third-order valence-electron chi connectivity index (χ3n) is 3.30. The predicted octanol–water partition coefficient (Wildman–Crippen LogP) is 1.73. The summed E-state index contributed by atoms with van der Waals surface area (Å²) in [6.45, 7) is 0.557. The zero-order chi connectivity index (χ0) is 17.2. The second kappa shape index (κ2) is 6.69. The lowest BCUT2D eigenvalue weighted by Gasteiger charge is -2.22. The number of nitrogens with zero attached hydrogens (tertiary/aromatic N) is 2. The van der Waals surface area contributed by atoms with Crippen molar-refractivity contribution in [3.05, 3.63) is 46.2 Å². The zero-order valence-electron chi connectivity index (χ0n) is 13.2. The highest BCUT2D eigenvalue weighted by Gasteiger charge is 2.20. The largest absolute Gasteiger partial charge is 0.368 e. The van der Waals surface area contributed by atoms with Gasteiger partial charge in [0.15, 0.2) is 0 Å². The molecule has 2 N–H and O–H groups in total. The van der Waals surface area contributed by atoms with Crippen LogP contribution in [-0.2, 0) is 16.6 Å². The molecule has 0 aliphatic rings. The van der Waals surface area contributed by atoms with Gasteiger partial charge in [-0.3, -0.25) is 4.79 Å². The molecule has 6 nitrogen and oxygen atoms in total. The molecule has 1 amide bonds. The zero-order valence-corrected chi connectivity index (χ0v) is 14.8. The van der Waals surface area contributed by atoms with Crippen molar-refractivity contribution in [2.75, 3.05) is 26.0 Å². The lowest BCUT2D eigenvalue weighted by atomic mass is 10.1. The van der Waals surface area contributed by atoms with Crippen LogP contribution in [0.25, 0.3) is 0 Å². The molecule has 0 fully saturated rings. The molecule has 0 unspecified atom stereocenters. The molecule has 2 aromatic rings. The highest BCUT2D eigenvalue weighted by atomic mass is 32.2. The van der Waals surface area contributed by atoms with Gasteiger partial charge in [-0.25, -0.2) is 13.6 Å². The topological polar surface area (TPSA) is 83.7 Å². The van der Waals surface area contributed by atoms with Gasteiger partial charge in [0, 0.05) is 31.6 Å². The smallest absolute Gasteiger partial charge is 0.253 e. The fourth-order valence-electron chi connectivity index (χ4n) is 2.17. The number of rotatable bonds is 5. The van der Waals surface area contributed by atoms with Gasteiger partial charge in [-0.05, 0) is 29.6 Å². The first-order valence-corrected chi connectivity index (χ1v) is 9.25. The van der Waals surface area contributed by atoms with E-state index in [9.17, 15) is 13.2 Å². The quantitative estimate of drug-likeness (QED) is 0.887. The van der Waals surface area contributed by atoms with Crippen LogP contribution in [-0.4, -0.2) is 40.4 Å². The normalized spacial score (nSPS) is 11.3. The molecule has 0 spiro atoms. The van der Waals surface area contributed by atoms with Gasteiger partial charge < -0.3 is 9.80 Å². The summed E-state index contributed by atoms with van der Waals surface area (Å²) >= 11 is 1.59. The van der Waals surface area contributed by atoms with Crippen molar-refractivity contribution in [3.8, 4) is 0 Å². The molecule has 0 saturated heterocycles. The maximum atomic E-state index is 12.0. The summed E-state index contributed by atoms with van der Waals surface area (Å²) in [4.78, 5) is 16.3. The highest BCUT2D eigenvalue weighted by Crippen LogP contribution is 2.27. The number of carbonyl (C=O) groups excluding carboxylic acids is 1. The molecule has 2 rings (SSSR count). The van der Waals surface area contributed by atoms with Gasteiger partial charge >= 0.3 is 0 Å². The maximum absolute atomic E-state index is 12.0. The number of thiophene rings is 1. The van der Waals surface area contributed by atoms with Gasteiger partial charge in [0.25, 0.3) is 5.91 Å². The Morgan fingerprint density at radius 2 is 1.91 bits per heavy atom. The third kappa shape index (κ3) is 4.10. The van der Waals surface area contributed by atoms with E-state index in [1.165, 1.54) is 11.0 Å². The Morgan fingerprint density at radius 3 is 2.43 bits per heavy atom. The van der Waals surface area contributed by atoms with Crippen LogP contribution in [0.5, 0.6) is 0 Å². The van der Waals surface area contributed by atoms with Gasteiger partial charge in [-0.15, -0.1) is 11.3 Å². The fourth-order valence-corrected chi connectivity index (χ4v) is 3.73. The first kappa shape index (κ1) is 17.5. The van der Waals surface area contributed by atoms with Gasteiger partial charge in [0.05, 0.1) is 12.2 Å².